The fourth-order valence-corrected chi connectivity index (χ4v) is 5.24. The quantitative estimate of drug-likeness (QED) is 0.370. The van der Waals surface area contributed by atoms with Crippen LogP contribution in [0.15, 0.2) is 54.6 Å². The second-order valence-electron chi connectivity index (χ2n) is 9.89. The molecule has 5 rings (SSSR count). The smallest absolute Gasteiger partial charge is 0.419 e. The molecule has 2 aliphatic heterocycles. The third kappa shape index (κ3) is 5.98. The molecule has 3 aromatic rings. The van der Waals surface area contributed by atoms with Crippen molar-refractivity contribution in [3.05, 3.63) is 76.9 Å². The maximum atomic E-state index is 14.0. The van der Waals surface area contributed by atoms with Crippen molar-refractivity contribution in [2.75, 3.05) is 19.8 Å². The molecule has 206 valence electrons. The number of carbonyl (C=O) groups is 1. The molecule has 1 N–H and O–H groups in total. The van der Waals surface area contributed by atoms with Crippen LogP contribution >= 0.6 is 0 Å². The molecule has 0 radical (unpaired) electrons. The molecule has 2 aliphatic rings. The summed E-state index contributed by atoms with van der Waals surface area (Å²) >= 11 is 0. The highest BCUT2D eigenvalue weighted by atomic mass is 19.4. The van der Waals surface area contributed by atoms with Gasteiger partial charge in [-0.2, -0.15) is 13.2 Å². The summed E-state index contributed by atoms with van der Waals surface area (Å²) in [5.41, 5.74) is 3.02. The summed E-state index contributed by atoms with van der Waals surface area (Å²) in [6, 6.07) is 14.6. The highest BCUT2D eigenvalue weighted by Crippen LogP contribution is 2.39. The summed E-state index contributed by atoms with van der Waals surface area (Å²) < 4.78 is 59.1. The maximum absolute atomic E-state index is 14.0. The van der Waals surface area contributed by atoms with E-state index in [2.05, 4.69) is 0 Å². The average Bonchev–Trinajstić information content (AvgIpc) is 2.92. The van der Waals surface area contributed by atoms with Gasteiger partial charge < -0.3 is 19.3 Å². The van der Waals surface area contributed by atoms with Gasteiger partial charge in [-0.3, -0.25) is 9.69 Å². The summed E-state index contributed by atoms with van der Waals surface area (Å²) in [6.45, 7) is 3.52. The number of likely N-dealkylation sites (tertiary alicyclic amines) is 1. The average molecular weight is 542 g/mol. The summed E-state index contributed by atoms with van der Waals surface area (Å²) in [5, 5.41) is 9.51. The van der Waals surface area contributed by atoms with E-state index < -0.39 is 23.8 Å². The molecule has 0 spiro atoms. The molecule has 0 bridgehead atoms. The molecule has 0 saturated carbocycles. The number of hydrogen-bond donors (Lipinski definition) is 1. The Hall–Kier alpha value is -3.72. The number of piperidine rings is 1. The zero-order valence-corrected chi connectivity index (χ0v) is 21.6. The monoisotopic (exact) mass is 541 g/mol. The summed E-state index contributed by atoms with van der Waals surface area (Å²) in [5.74, 6) is 0.140. The number of ether oxygens (including phenoxy) is 3. The van der Waals surface area contributed by atoms with Gasteiger partial charge in [-0.15, -0.1) is 0 Å². The van der Waals surface area contributed by atoms with Gasteiger partial charge in [-0.1, -0.05) is 36.8 Å². The van der Waals surface area contributed by atoms with Gasteiger partial charge in [-0.25, -0.2) is 0 Å². The molecule has 39 heavy (non-hydrogen) atoms. The van der Waals surface area contributed by atoms with Crippen molar-refractivity contribution < 1.29 is 37.3 Å². The van der Waals surface area contributed by atoms with Gasteiger partial charge in [0.15, 0.2) is 11.5 Å². The minimum Gasteiger partial charge on any atom is -0.488 e. The topological polar surface area (TPSA) is 68.2 Å². The normalized spacial score (nSPS) is 17.6. The number of fused-ring (bicyclic) bond motifs is 1. The lowest BCUT2D eigenvalue weighted by Crippen LogP contribution is -2.44. The molecule has 3 aromatic carbocycles. The predicted molar refractivity (Wildman–Crippen MR) is 139 cm³/mol. The molecule has 0 unspecified atom stereocenters. The SMILES string of the molecule is Cc1c(COc2ccc(CN3CCCC[C@H]3C(=O)O)cc2C(F)(F)F)cccc1-c1ccc2c(c1)OCCO2. The van der Waals surface area contributed by atoms with Gasteiger partial charge in [0.1, 0.15) is 31.6 Å². The lowest BCUT2D eigenvalue weighted by Gasteiger charge is -2.33. The van der Waals surface area contributed by atoms with Crippen molar-refractivity contribution in [3.63, 3.8) is 0 Å². The van der Waals surface area contributed by atoms with Crippen LogP contribution in [0.25, 0.3) is 11.1 Å². The van der Waals surface area contributed by atoms with Gasteiger partial charge in [0.2, 0.25) is 0 Å². The Bertz CT molecular complexity index is 1360. The van der Waals surface area contributed by atoms with E-state index in [4.69, 9.17) is 14.2 Å². The number of carboxylic acid groups (broad SMARTS) is 1. The molecule has 0 aliphatic carbocycles. The first-order chi connectivity index (χ1) is 18.7. The highest BCUT2D eigenvalue weighted by Gasteiger charge is 2.35. The van der Waals surface area contributed by atoms with Crippen molar-refractivity contribution in [1.82, 2.24) is 4.90 Å². The highest BCUT2D eigenvalue weighted by molar-refractivity contribution is 5.73. The Balaban J connectivity index is 1.36. The van der Waals surface area contributed by atoms with Crippen molar-refractivity contribution in [1.29, 1.82) is 0 Å². The Morgan fingerprint density at radius 1 is 1.05 bits per heavy atom. The molecule has 0 aromatic heterocycles. The van der Waals surface area contributed by atoms with Gasteiger partial charge >= 0.3 is 12.1 Å². The van der Waals surface area contributed by atoms with Crippen molar-refractivity contribution in [3.8, 4) is 28.4 Å². The number of alkyl halides is 3. The third-order valence-electron chi connectivity index (χ3n) is 7.32. The fraction of sp³-hybridized carbons (Fsp3) is 0.367. The largest absolute Gasteiger partial charge is 0.488 e. The molecule has 1 saturated heterocycles. The van der Waals surface area contributed by atoms with Gasteiger partial charge in [0.05, 0.1) is 5.56 Å². The fourth-order valence-electron chi connectivity index (χ4n) is 5.24. The van der Waals surface area contributed by atoms with E-state index in [0.29, 0.717) is 43.2 Å². The van der Waals surface area contributed by atoms with Crippen molar-refractivity contribution in [2.45, 2.75) is 51.6 Å². The number of halogens is 3. The molecule has 0 amide bonds. The molecule has 9 heteroatoms. The number of rotatable bonds is 7. The van der Waals surface area contributed by atoms with Crippen LogP contribution in [0.4, 0.5) is 13.2 Å². The van der Waals surface area contributed by atoms with E-state index in [0.717, 1.165) is 41.2 Å². The number of benzene rings is 3. The Morgan fingerprint density at radius 3 is 2.62 bits per heavy atom. The van der Waals surface area contributed by atoms with Crippen molar-refractivity contribution in [2.24, 2.45) is 0 Å². The van der Waals surface area contributed by atoms with Gasteiger partial charge in [-0.05, 0) is 78.4 Å². The molecular weight excluding hydrogens is 511 g/mol. The van der Waals surface area contributed by atoms with Crippen LogP contribution in [-0.4, -0.2) is 41.8 Å². The third-order valence-corrected chi connectivity index (χ3v) is 7.32. The molecular formula is C30H30F3NO5. The summed E-state index contributed by atoms with van der Waals surface area (Å²) in [4.78, 5) is 13.3. The number of hydrogen-bond acceptors (Lipinski definition) is 5. The molecule has 1 atom stereocenters. The van der Waals surface area contributed by atoms with E-state index in [1.165, 1.54) is 6.07 Å². The zero-order valence-electron chi connectivity index (χ0n) is 21.6. The zero-order chi connectivity index (χ0) is 27.6. The van der Waals surface area contributed by atoms with Gasteiger partial charge in [0, 0.05) is 6.54 Å². The first kappa shape index (κ1) is 26.9. The molecule has 6 nitrogen and oxygen atoms in total. The van der Waals surface area contributed by atoms with Crippen LogP contribution in [0.5, 0.6) is 17.2 Å². The van der Waals surface area contributed by atoms with Crippen LogP contribution in [0.1, 0.15) is 41.5 Å². The Kier molecular flexibility index (Phi) is 7.70. The standard InChI is InChI=1S/C30H30F3NO5/c1-19-22(5-4-6-23(19)21-9-11-27-28(16-21)38-14-13-37-27)18-39-26-10-8-20(15-24(26)30(31,32)33)17-34-12-3-2-7-25(34)29(35)36/h4-6,8-11,15-16,25H,2-3,7,12-14,17-18H2,1H3,(H,35,36)/t25-/m0/s1. The number of aliphatic carboxylic acids is 1. The van der Waals surface area contributed by atoms with Crippen molar-refractivity contribution >= 4 is 5.97 Å². The molecule has 2 heterocycles. The first-order valence-corrected chi connectivity index (χ1v) is 13.0. The van der Waals surface area contributed by atoms with Crippen LogP contribution in [-0.2, 0) is 24.1 Å². The maximum Gasteiger partial charge on any atom is 0.419 e. The Morgan fingerprint density at radius 2 is 1.85 bits per heavy atom. The molecule has 1 fully saturated rings. The minimum absolute atomic E-state index is 0.0418. The Labute approximate surface area is 224 Å². The lowest BCUT2D eigenvalue weighted by atomic mass is 9.96. The summed E-state index contributed by atoms with van der Waals surface area (Å²) in [6.07, 6.45) is -2.51. The van der Waals surface area contributed by atoms with Crippen LogP contribution in [0, 0.1) is 6.92 Å². The van der Waals surface area contributed by atoms with Crippen LogP contribution in [0.3, 0.4) is 0 Å². The van der Waals surface area contributed by atoms with E-state index >= 15 is 0 Å². The first-order valence-electron chi connectivity index (χ1n) is 13.0. The van der Waals surface area contributed by atoms with E-state index in [1.807, 2.05) is 43.3 Å². The van der Waals surface area contributed by atoms with E-state index in [-0.39, 0.29) is 18.9 Å². The van der Waals surface area contributed by atoms with E-state index in [1.54, 1.807) is 11.0 Å². The van der Waals surface area contributed by atoms with Crippen LogP contribution in [0.2, 0.25) is 0 Å². The second-order valence-corrected chi connectivity index (χ2v) is 9.89. The predicted octanol–water partition coefficient (Wildman–Crippen LogP) is 6.47. The number of nitrogens with zero attached hydrogens (tertiary/aromatic N) is 1. The lowest BCUT2D eigenvalue weighted by molar-refractivity contribution is -0.145. The minimum atomic E-state index is -4.62. The summed E-state index contributed by atoms with van der Waals surface area (Å²) in [7, 11) is 0. The second kappa shape index (κ2) is 11.2. The van der Waals surface area contributed by atoms with Crippen LogP contribution < -0.4 is 14.2 Å². The number of carboxylic acids is 1. The van der Waals surface area contributed by atoms with Gasteiger partial charge in [0.25, 0.3) is 0 Å². The van der Waals surface area contributed by atoms with E-state index in [9.17, 15) is 23.1 Å².